The van der Waals surface area contributed by atoms with Gasteiger partial charge in [0.1, 0.15) is 11.6 Å². The molecule has 3 aromatic rings. The van der Waals surface area contributed by atoms with Crippen molar-refractivity contribution in [2.75, 3.05) is 10.6 Å². The molecule has 26 heavy (non-hydrogen) atoms. The van der Waals surface area contributed by atoms with Crippen molar-refractivity contribution in [2.24, 2.45) is 0 Å². The summed E-state index contributed by atoms with van der Waals surface area (Å²) in [6.07, 6.45) is 4.44. The summed E-state index contributed by atoms with van der Waals surface area (Å²) >= 11 is 0. The van der Waals surface area contributed by atoms with E-state index >= 15 is 0 Å². The minimum atomic E-state index is -0.247. The van der Waals surface area contributed by atoms with Crippen molar-refractivity contribution in [3.05, 3.63) is 66.2 Å². The number of hydrogen-bond donors (Lipinski definition) is 2. The molecule has 3 rings (SSSR count). The first kappa shape index (κ1) is 17.8. The molecule has 0 aliphatic heterocycles. The van der Waals surface area contributed by atoms with Gasteiger partial charge in [-0.3, -0.25) is 4.98 Å². The highest BCUT2D eigenvalue weighted by molar-refractivity contribution is 5.64. The first-order valence-corrected chi connectivity index (χ1v) is 8.68. The normalized spacial score (nSPS) is 11.8. The van der Waals surface area contributed by atoms with E-state index < -0.39 is 0 Å². The molecule has 2 N–H and O–H groups in total. The van der Waals surface area contributed by atoms with Crippen LogP contribution in [0.4, 0.5) is 16.2 Å². The van der Waals surface area contributed by atoms with E-state index in [1.54, 1.807) is 18.5 Å². The standard InChI is InChI=1S/C20H22FN5/c1-3-14(2)24-20-25-18(16-7-9-22-10-8-16)12-19(26-20)23-13-15-5-4-6-17(21)11-15/h4-12,14H,3,13H2,1-2H3,(H2,23,24,25,26)/t14-/m0/s1. The van der Waals surface area contributed by atoms with Crippen LogP contribution in [0.25, 0.3) is 11.3 Å². The Labute approximate surface area is 152 Å². The largest absolute Gasteiger partial charge is 0.366 e. The van der Waals surface area contributed by atoms with E-state index in [4.69, 9.17) is 0 Å². The number of nitrogens with one attached hydrogen (secondary N) is 2. The monoisotopic (exact) mass is 351 g/mol. The van der Waals surface area contributed by atoms with Gasteiger partial charge in [0, 0.05) is 36.6 Å². The molecule has 0 radical (unpaired) electrons. The Morgan fingerprint density at radius 3 is 2.62 bits per heavy atom. The van der Waals surface area contributed by atoms with Crippen LogP contribution in [0.1, 0.15) is 25.8 Å². The molecule has 6 heteroatoms. The zero-order valence-corrected chi connectivity index (χ0v) is 14.9. The van der Waals surface area contributed by atoms with Crippen LogP contribution in [0.15, 0.2) is 54.9 Å². The number of benzene rings is 1. The van der Waals surface area contributed by atoms with E-state index in [1.165, 1.54) is 12.1 Å². The van der Waals surface area contributed by atoms with Crippen molar-refractivity contribution in [2.45, 2.75) is 32.9 Å². The number of pyridine rings is 1. The molecule has 0 aliphatic rings. The van der Waals surface area contributed by atoms with Crippen LogP contribution in [0, 0.1) is 5.82 Å². The van der Waals surface area contributed by atoms with Crippen molar-refractivity contribution in [3.8, 4) is 11.3 Å². The Balaban J connectivity index is 1.86. The van der Waals surface area contributed by atoms with Gasteiger partial charge in [-0.15, -0.1) is 0 Å². The summed E-state index contributed by atoms with van der Waals surface area (Å²) in [6, 6.07) is 12.5. The second kappa shape index (κ2) is 8.38. The van der Waals surface area contributed by atoms with Gasteiger partial charge in [0.05, 0.1) is 5.69 Å². The van der Waals surface area contributed by atoms with Crippen LogP contribution in [-0.4, -0.2) is 21.0 Å². The number of rotatable bonds is 7. The Kier molecular flexibility index (Phi) is 5.73. The van der Waals surface area contributed by atoms with Crippen LogP contribution < -0.4 is 10.6 Å². The summed E-state index contributed by atoms with van der Waals surface area (Å²) in [5.41, 5.74) is 2.61. The SMILES string of the molecule is CC[C@H](C)Nc1nc(NCc2cccc(F)c2)cc(-c2ccncc2)n1. The smallest absolute Gasteiger partial charge is 0.225 e. The first-order valence-electron chi connectivity index (χ1n) is 8.68. The Morgan fingerprint density at radius 2 is 1.88 bits per heavy atom. The third-order valence-electron chi connectivity index (χ3n) is 4.05. The quantitative estimate of drug-likeness (QED) is 0.656. The van der Waals surface area contributed by atoms with Gasteiger partial charge in [0.2, 0.25) is 5.95 Å². The lowest BCUT2D eigenvalue weighted by Gasteiger charge is -2.14. The van der Waals surface area contributed by atoms with Crippen molar-refractivity contribution in [1.82, 2.24) is 15.0 Å². The van der Waals surface area contributed by atoms with E-state index in [0.717, 1.165) is 23.2 Å². The molecule has 1 atom stereocenters. The van der Waals surface area contributed by atoms with Crippen molar-refractivity contribution in [3.63, 3.8) is 0 Å². The lowest BCUT2D eigenvalue weighted by Crippen LogP contribution is -2.16. The summed E-state index contributed by atoms with van der Waals surface area (Å²) in [5, 5.41) is 6.57. The van der Waals surface area contributed by atoms with Crippen LogP contribution in [0.2, 0.25) is 0 Å². The molecule has 0 saturated heterocycles. The van der Waals surface area contributed by atoms with E-state index in [9.17, 15) is 4.39 Å². The third kappa shape index (κ3) is 4.75. The van der Waals surface area contributed by atoms with Gasteiger partial charge in [0.25, 0.3) is 0 Å². The predicted octanol–water partition coefficient (Wildman–Crippen LogP) is 4.50. The Morgan fingerprint density at radius 1 is 1.08 bits per heavy atom. The van der Waals surface area contributed by atoms with E-state index in [1.807, 2.05) is 24.3 Å². The van der Waals surface area contributed by atoms with Gasteiger partial charge in [0.15, 0.2) is 0 Å². The zero-order chi connectivity index (χ0) is 18.4. The lowest BCUT2D eigenvalue weighted by atomic mass is 10.2. The summed E-state index contributed by atoms with van der Waals surface area (Å²) in [4.78, 5) is 13.2. The van der Waals surface area contributed by atoms with E-state index in [0.29, 0.717) is 18.3 Å². The first-order chi connectivity index (χ1) is 12.6. The summed E-state index contributed by atoms with van der Waals surface area (Å²) < 4.78 is 13.4. The summed E-state index contributed by atoms with van der Waals surface area (Å²) in [6.45, 7) is 4.67. The Hall–Kier alpha value is -3.02. The molecule has 0 amide bonds. The van der Waals surface area contributed by atoms with Gasteiger partial charge in [-0.1, -0.05) is 19.1 Å². The molecule has 0 spiro atoms. The van der Waals surface area contributed by atoms with Crippen molar-refractivity contribution in [1.29, 1.82) is 0 Å². The van der Waals surface area contributed by atoms with Crippen LogP contribution in [0.5, 0.6) is 0 Å². The minimum absolute atomic E-state index is 0.247. The fraction of sp³-hybridized carbons (Fsp3) is 0.250. The lowest BCUT2D eigenvalue weighted by molar-refractivity contribution is 0.626. The molecule has 0 saturated carbocycles. The maximum atomic E-state index is 13.4. The minimum Gasteiger partial charge on any atom is -0.366 e. The maximum Gasteiger partial charge on any atom is 0.225 e. The maximum absolute atomic E-state index is 13.4. The van der Waals surface area contributed by atoms with E-state index in [2.05, 4.69) is 39.4 Å². The van der Waals surface area contributed by atoms with Gasteiger partial charge < -0.3 is 10.6 Å². The van der Waals surface area contributed by atoms with Crippen LogP contribution in [0.3, 0.4) is 0 Å². The average Bonchev–Trinajstić information content (AvgIpc) is 2.67. The van der Waals surface area contributed by atoms with E-state index in [-0.39, 0.29) is 11.9 Å². The molecular weight excluding hydrogens is 329 g/mol. The number of aromatic nitrogens is 3. The molecule has 2 aromatic heterocycles. The van der Waals surface area contributed by atoms with Gasteiger partial charge >= 0.3 is 0 Å². The highest BCUT2D eigenvalue weighted by Crippen LogP contribution is 2.22. The van der Waals surface area contributed by atoms with Crippen LogP contribution in [-0.2, 0) is 6.54 Å². The van der Waals surface area contributed by atoms with Gasteiger partial charge in [-0.2, -0.15) is 4.98 Å². The highest BCUT2D eigenvalue weighted by atomic mass is 19.1. The van der Waals surface area contributed by atoms with Gasteiger partial charge in [-0.25, -0.2) is 9.37 Å². The molecular formula is C20H22FN5. The molecule has 1 aromatic carbocycles. The summed E-state index contributed by atoms with van der Waals surface area (Å²) in [7, 11) is 0. The van der Waals surface area contributed by atoms with Crippen molar-refractivity contribution < 1.29 is 4.39 Å². The van der Waals surface area contributed by atoms with Gasteiger partial charge in [-0.05, 0) is 43.2 Å². The number of nitrogens with zero attached hydrogens (tertiary/aromatic N) is 3. The average molecular weight is 351 g/mol. The molecule has 0 aliphatic carbocycles. The third-order valence-corrected chi connectivity index (χ3v) is 4.05. The fourth-order valence-electron chi connectivity index (χ4n) is 2.43. The second-order valence-corrected chi connectivity index (χ2v) is 6.14. The molecule has 0 bridgehead atoms. The molecule has 2 heterocycles. The predicted molar refractivity (Wildman–Crippen MR) is 102 cm³/mol. The number of hydrogen-bond acceptors (Lipinski definition) is 5. The number of anilines is 2. The molecule has 0 unspecified atom stereocenters. The molecule has 5 nitrogen and oxygen atoms in total. The zero-order valence-electron chi connectivity index (χ0n) is 14.9. The molecule has 134 valence electrons. The Bertz CT molecular complexity index is 854. The topological polar surface area (TPSA) is 62.7 Å². The summed E-state index contributed by atoms with van der Waals surface area (Å²) in [5.74, 6) is 1.00. The highest BCUT2D eigenvalue weighted by Gasteiger charge is 2.09. The van der Waals surface area contributed by atoms with Crippen LogP contribution >= 0.6 is 0 Å². The molecule has 0 fully saturated rings. The second-order valence-electron chi connectivity index (χ2n) is 6.14. The number of halogens is 1. The fourth-order valence-corrected chi connectivity index (χ4v) is 2.43. The van der Waals surface area contributed by atoms with Crippen molar-refractivity contribution >= 4 is 11.8 Å².